The number of rotatable bonds is 9. The van der Waals surface area contributed by atoms with Crippen molar-refractivity contribution in [2.45, 2.75) is 83.0 Å². The Morgan fingerprint density at radius 3 is 2.22 bits per heavy atom. The number of carbonyl (C=O) groups excluding carboxylic acids is 1. The maximum Gasteiger partial charge on any atom is 0.219 e. The Morgan fingerprint density at radius 2 is 1.65 bits per heavy atom. The van der Waals surface area contributed by atoms with Crippen LogP contribution in [0.25, 0.3) is 0 Å². The second-order valence-corrected chi connectivity index (χ2v) is 6.20. The lowest BCUT2D eigenvalue weighted by atomic mass is 9.95. The summed E-state index contributed by atoms with van der Waals surface area (Å²) < 4.78 is 5.12. The van der Waals surface area contributed by atoms with E-state index in [1.807, 2.05) is 0 Å². The fraction of sp³-hybridized carbons (Fsp3) is 0.938. The summed E-state index contributed by atoms with van der Waals surface area (Å²) in [5.74, 6) is -0.292. The molecular weight excluding hydrogens is 302 g/mol. The van der Waals surface area contributed by atoms with Crippen molar-refractivity contribution >= 4 is 5.91 Å². The first-order valence-electron chi connectivity index (χ1n) is 8.51. The molecule has 0 spiro atoms. The SMILES string of the molecule is CCCCCCCCN(C(C)=O)[C@@H]1[C@@H](O)[C@H](O)[C@@H](CO)O[C@@H]1O. The molecule has 1 amide bonds. The minimum Gasteiger partial charge on any atom is -0.394 e. The van der Waals surface area contributed by atoms with E-state index in [0.29, 0.717) is 6.54 Å². The van der Waals surface area contributed by atoms with Gasteiger partial charge >= 0.3 is 0 Å². The van der Waals surface area contributed by atoms with E-state index in [2.05, 4.69) is 6.92 Å². The molecule has 1 fully saturated rings. The predicted octanol–water partition coefficient (Wildman–Crippen LogP) is -0.00470. The second-order valence-electron chi connectivity index (χ2n) is 6.20. The van der Waals surface area contributed by atoms with E-state index in [-0.39, 0.29) is 5.91 Å². The van der Waals surface area contributed by atoms with Crippen LogP contribution in [0.15, 0.2) is 0 Å². The molecule has 7 heteroatoms. The van der Waals surface area contributed by atoms with E-state index in [1.165, 1.54) is 24.7 Å². The van der Waals surface area contributed by atoms with Gasteiger partial charge in [0.25, 0.3) is 0 Å². The summed E-state index contributed by atoms with van der Waals surface area (Å²) in [4.78, 5) is 13.2. The zero-order chi connectivity index (χ0) is 17.4. The number of ether oxygens (including phenoxy) is 1. The van der Waals surface area contributed by atoms with Gasteiger partial charge in [-0.3, -0.25) is 4.79 Å². The normalized spacial score (nSPS) is 31.1. The molecule has 1 aliphatic rings. The van der Waals surface area contributed by atoms with Crippen LogP contribution in [0.4, 0.5) is 0 Å². The number of unbranched alkanes of at least 4 members (excludes halogenated alkanes) is 5. The van der Waals surface area contributed by atoms with Crippen LogP contribution in [0.1, 0.15) is 52.4 Å². The first kappa shape index (κ1) is 20.3. The summed E-state index contributed by atoms with van der Waals surface area (Å²) in [7, 11) is 0. The van der Waals surface area contributed by atoms with Gasteiger partial charge in [0.1, 0.15) is 24.4 Å². The van der Waals surface area contributed by atoms with Crippen molar-refractivity contribution in [2.24, 2.45) is 0 Å². The molecule has 23 heavy (non-hydrogen) atoms. The van der Waals surface area contributed by atoms with Crippen LogP contribution in [-0.4, -0.2) is 75.0 Å². The zero-order valence-corrected chi connectivity index (χ0v) is 14.1. The first-order chi connectivity index (χ1) is 10.9. The maximum atomic E-state index is 11.9. The number of aliphatic hydroxyl groups is 4. The van der Waals surface area contributed by atoms with E-state index in [4.69, 9.17) is 9.84 Å². The molecule has 0 aromatic carbocycles. The van der Waals surface area contributed by atoms with Crippen molar-refractivity contribution < 1.29 is 30.0 Å². The fourth-order valence-electron chi connectivity index (χ4n) is 3.00. The molecular formula is C16H31NO6. The maximum absolute atomic E-state index is 11.9. The zero-order valence-electron chi connectivity index (χ0n) is 14.1. The molecule has 1 rings (SSSR count). The Morgan fingerprint density at radius 1 is 1.04 bits per heavy atom. The molecule has 4 N–H and O–H groups in total. The third-order valence-electron chi connectivity index (χ3n) is 4.38. The Labute approximate surface area is 137 Å². The van der Waals surface area contributed by atoms with Crippen LogP contribution in [0.3, 0.4) is 0 Å². The number of hydrogen-bond donors (Lipinski definition) is 4. The van der Waals surface area contributed by atoms with E-state index < -0.39 is 37.3 Å². The van der Waals surface area contributed by atoms with Crippen molar-refractivity contribution in [2.75, 3.05) is 13.2 Å². The monoisotopic (exact) mass is 333 g/mol. The van der Waals surface area contributed by atoms with Crippen molar-refractivity contribution in [1.29, 1.82) is 0 Å². The summed E-state index contributed by atoms with van der Waals surface area (Å²) in [6, 6.07) is -1.03. The van der Waals surface area contributed by atoms with Gasteiger partial charge in [0.15, 0.2) is 6.29 Å². The van der Waals surface area contributed by atoms with Gasteiger partial charge in [-0.2, -0.15) is 0 Å². The first-order valence-corrected chi connectivity index (χ1v) is 8.51. The lowest BCUT2D eigenvalue weighted by molar-refractivity contribution is -0.270. The molecule has 0 bridgehead atoms. The Bertz CT molecular complexity index is 353. The molecule has 0 aromatic rings. The molecule has 136 valence electrons. The number of aliphatic hydroxyl groups excluding tert-OH is 4. The molecule has 0 radical (unpaired) electrons. The van der Waals surface area contributed by atoms with Gasteiger partial charge in [-0.1, -0.05) is 39.0 Å². The van der Waals surface area contributed by atoms with Crippen molar-refractivity contribution in [1.82, 2.24) is 4.90 Å². The van der Waals surface area contributed by atoms with Crippen LogP contribution < -0.4 is 0 Å². The molecule has 0 saturated carbocycles. The largest absolute Gasteiger partial charge is 0.394 e. The Hall–Kier alpha value is -0.730. The molecule has 0 aliphatic carbocycles. The third kappa shape index (κ3) is 5.69. The van der Waals surface area contributed by atoms with Gasteiger partial charge in [0, 0.05) is 13.5 Å². The van der Waals surface area contributed by atoms with Crippen molar-refractivity contribution in [3.05, 3.63) is 0 Å². The highest BCUT2D eigenvalue weighted by molar-refractivity contribution is 5.73. The number of hydrogen-bond acceptors (Lipinski definition) is 6. The minimum absolute atomic E-state index is 0.292. The van der Waals surface area contributed by atoms with E-state index in [1.54, 1.807) is 0 Å². The lowest BCUT2D eigenvalue weighted by Crippen LogP contribution is -2.65. The lowest BCUT2D eigenvalue weighted by Gasteiger charge is -2.44. The van der Waals surface area contributed by atoms with Gasteiger partial charge in [-0.15, -0.1) is 0 Å². The minimum atomic E-state index is -1.44. The third-order valence-corrected chi connectivity index (χ3v) is 4.38. The average molecular weight is 333 g/mol. The number of amides is 1. The van der Waals surface area contributed by atoms with Gasteiger partial charge in [0.05, 0.1) is 6.61 Å². The van der Waals surface area contributed by atoms with Gasteiger partial charge in [-0.05, 0) is 6.42 Å². The Balaban J connectivity index is 2.60. The summed E-state index contributed by atoms with van der Waals surface area (Å²) in [6.07, 6.45) is 1.13. The molecule has 5 atom stereocenters. The van der Waals surface area contributed by atoms with E-state index >= 15 is 0 Å². The number of carbonyl (C=O) groups is 1. The summed E-state index contributed by atoms with van der Waals surface area (Å²) >= 11 is 0. The molecule has 0 unspecified atom stereocenters. The highest BCUT2D eigenvalue weighted by Crippen LogP contribution is 2.24. The van der Waals surface area contributed by atoms with Gasteiger partial charge in [0.2, 0.25) is 5.91 Å². The molecule has 1 saturated heterocycles. The second kappa shape index (κ2) is 10.2. The molecule has 0 aromatic heterocycles. The van der Waals surface area contributed by atoms with Crippen LogP contribution >= 0.6 is 0 Å². The van der Waals surface area contributed by atoms with Gasteiger partial charge < -0.3 is 30.1 Å². The molecule has 1 aliphatic heterocycles. The topological polar surface area (TPSA) is 110 Å². The van der Waals surface area contributed by atoms with Crippen molar-refractivity contribution in [3.8, 4) is 0 Å². The van der Waals surface area contributed by atoms with E-state index in [0.717, 1.165) is 25.7 Å². The fourth-order valence-corrected chi connectivity index (χ4v) is 3.00. The summed E-state index contributed by atoms with van der Waals surface area (Å²) in [5, 5.41) is 39.3. The van der Waals surface area contributed by atoms with Crippen LogP contribution in [0.5, 0.6) is 0 Å². The Kier molecular flexibility index (Phi) is 9.01. The number of nitrogens with zero attached hydrogens (tertiary/aromatic N) is 1. The standard InChI is InChI=1S/C16H31NO6/c1-3-4-5-6-7-8-9-17(11(2)19)13-15(21)14(20)12(10-18)23-16(13)22/h12-16,18,20-22H,3-10H2,1-2H3/t12-,13-,14-,15-,16+/m1/s1. The highest BCUT2D eigenvalue weighted by atomic mass is 16.6. The van der Waals surface area contributed by atoms with E-state index in [9.17, 15) is 20.1 Å². The molecule has 1 heterocycles. The van der Waals surface area contributed by atoms with Gasteiger partial charge in [-0.25, -0.2) is 0 Å². The molecule has 7 nitrogen and oxygen atoms in total. The highest BCUT2D eigenvalue weighted by Gasteiger charge is 2.46. The quantitative estimate of drug-likeness (QED) is 0.442. The smallest absolute Gasteiger partial charge is 0.219 e. The predicted molar refractivity (Wildman–Crippen MR) is 84.5 cm³/mol. The average Bonchev–Trinajstić information content (AvgIpc) is 2.52. The summed E-state index contributed by atoms with van der Waals surface area (Å²) in [6.45, 7) is 3.38. The van der Waals surface area contributed by atoms with Crippen LogP contribution in [-0.2, 0) is 9.53 Å². The van der Waals surface area contributed by atoms with Crippen LogP contribution in [0.2, 0.25) is 0 Å². The van der Waals surface area contributed by atoms with Crippen LogP contribution in [0, 0.1) is 0 Å². The van der Waals surface area contributed by atoms with Crippen molar-refractivity contribution in [3.63, 3.8) is 0 Å². The summed E-state index contributed by atoms with van der Waals surface area (Å²) in [5.41, 5.74) is 0.